The third-order valence-electron chi connectivity index (χ3n) is 5.35. The SMILES string of the molecule is COC(=O)C(Sc1nc(C)c(-c2ccc(OC)cc2)s1)C1CCC(c2ccccc2)O1. The summed E-state index contributed by atoms with van der Waals surface area (Å²) in [6.07, 6.45) is 1.49. The maximum atomic E-state index is 12.6. The molecule has 7 heteroatoms. The normalized spacial score (nSPS) is 19.2. The van der Waals surface area contributed by atoms with Crippen molar-refractivity contribution in [2.24, 2.45) is 0 Å². The maximum Gasteiger partial charge on any atom is 0.321 e. The van der Waals surface area contributed by atoms with Gasteiger partial charge in [-0.2, -0.15) is 0 Å². The number of aryl methyl sites for hydroxylation is 1. The highest BCUT2D eigenvalue weighted by Gasteiger charge is 2.38. The molecule has 2 heterocycles. The molecule has 3 unspecified atom stereocenters. The summed E-state index contributed by atoms with van der Waals surface area (Å²) >= 11 is 3.02. The van der Waals surface area contributed by atoms with Gasteiger partial charge >= 0.3 is 5.97 Å². The number of aromatic nitrogens is 1. The van der Waals surface area contributed by atoms with Gasteiger partial charge in [0.05, 0.1) is 37.0 Å². The van der Waals surface area contributed by atoms with Crippen LogP contribution in [0.1, 0.15) is 30.2 Å². The predicted molar refractivity (Wildman–Crippen MR) is 124 cm³/mol. The van der Waals surface area contributed by atoms with Crippen LogP contribution < -0.4 is 4.74 Å². The van der Waals surface area contributed by atoms with Crippen molar-refractivity contribution in [2.75, 3.05) is 14.2 Å². The number of rotatable bonds is 7. The van der Waals surface area contributed by atoms with Crippen LogP contribution in [-0.4, -0.2) is 36.5 Å². The van der Waals surface area contributed by atoms with E-state index >= 15 is 0 Å². The van der Waals surface area contributed by atoms with Crippen LogP contribution in [0.15, 0.2) is 58.9 Å². The molecule has 31 heavy (non-hydrogen) atoms. The Morgan fingerprint density at radius 1 is 1.13 bits per heavy atom. The second kappa shape index (κ2) is 9.85. The third-order valence-corrected chi connectivity index (χ3v) is 7.93. The van der Waals surface area contributed by atoms with Gasteiger partial charge in [-0.25, -0.2) is 4.98 Å². The van der Waals surface area contributed by atoms with Crippen molar-refractivity contribution < 1.29 is 19.0 Å². The molecule has 1 fully saturated rings. The van der Waals surface area contributed by atoms with Gasteiger partial charge in [-0.15, -0.1) is 11.3 Å². The van der Waals surface area contributed by atoms with Crippen LogP contribution >= 0.6 is 23.1 Å². The quantitative estimate of drug-likeness (QED) is 0.337. The molecule has 1 saturated heterocycles. The van der Waals surface area contributed by atoms with Gasteiger partial charge in [0.2, 0.25) is 0 Å². The smallest absolute Gasteiger partial charge is 0.321 e. The van der Waals surface area contributed by atoms with Crippen LogP contribution in [0.4, 0.5) is 0 Å². The average Bonchev–Trinajstić information content (AvgIpc) is 3.44. The molecule has 5 nitrogen and oxygen atoms in total. The summed E-state index contributed by atoms with van der Waals surface area (Å²) < 4.78 is 17.5. The molecule has 0 N–H and O–H groups in total. The standard InChI is InChI=1S/C24H25NO4S2/c1-15-21(17-9-11-18(27-2)12-10-17)30-24(25-15)31-22(23(26)28-3)20-14-13-19(29-20)16-7-5-4-6-8-16/h4-12,19-20,22H,13-14H2,1-3H3. The van der Waals surface area contributed by atoms with Crippen molar-refractivity contribution in [2.45, 2.75) is 41.6 Å². The number of esters is 1. The Labute approximate surface area is 190 Å². The molecule has 3 aromatic rings. The van der Waals surface area contributed by atoms with Crippen molar-refractivity contribution in [3.63, 3.8) is 0 Å². The number of benzene rings is 2. The lowest BCUT2D eigenvalue weighted by Crippen LogP contribution is -2.32. The van der Waals surface area contributed by atoms with E-state index < -0.39 is 5.25 Å². The Morgan fingerprint density at radius 2 is 1.87 bits per heavy atom. The van der Waals surface area contributed by atoms with E-state index in [1.807, 2.05) is 49.4 Å². The van der Waals surface area contributed by atoms with Crippen molar-refractivity contribution in [3.05, 3.63) is 65.9 Å². The van der Waals surface area contributed by atoms with E-state index in [2.05, 4.69) is 12.1 Å². The topological polar surface area (TPSA) is 57.7 Å². The Kier molecular flexibility index (Phi) is 6.95. The van der Waals surface area contributed by atoms with E-state index in [9.17, 15) is 4.79 Å². The van der Waals surface area contributed by atoms with E-state index in [1.54, 1.807) is 18.4 Å². The number of thiazole rings is 1. The highest BCUT2D eigenvalue weighted by molar-refractivity contribution is 8.02. The molecule has 0 bridgehead atoms. The van der Waals surface area contributed by atoms with Crippen molar-refractivity contribution in [3.8, 4) is 16.2 Å². The first-order valence-corrected chi connectivity index (χ1v) is 11.9. The molecule has 1 aromatic heterocycles. The molecule has 0 spiro atoms. The average molecular weight is 456 g/mol. The number of hydrogen-bond acceptors (Lipinski definition) is 7. The van der Waals surface area contributed by atoms with E-state index in [0.717, 1.165) is 44.6 Å². The lowest BCUT2D eigenvalue weighted by atomic mass is 10.1. The highest BCUT2D eigenvalue weighted by Crippen LogP contribution is 2.42. The predicted octanol–water partition coefficient (Wildman–Crippen LogP) is 5.68. The molecule has 1 aliphatic rings. The molecule has 162 valence electrons. The molecular formula is C24H25NO4S2. The van der Waals surface area contributed by atoms with Gasteiger partial charge in [0.15, 0.2) is 4.34 Å². The van der Waals surface area contributed by atoms with Gasteiger partial charge in [0.1, 0.15) is 11.0 Å². The first-order valence-electron chi connectivity index (χ1n) is 10.2. The first-order chi connectivity index (χ1) is 15.1. The molecule has 4 rings (SSSR count). The Balaban J connectivity index is 1.51. The van der Waals surface area contributed by atoms with Gasteiger partial charge in [-0.1, -0.05) is 42.1 Å². The zero-order chi connectivity index (χ0) is 21.8. The molecule has 3 atom stereocenters. The van der Waals surface area contributed by atoms with Crippen LogP contribution in [-0.2, 0) is 14.3 Å². The van der Waals surface area contributed by atoms with Crippen LogP contribution in [0.2, 0.25) is 0 Å². The summed E-state index contributed by atoms with van der Waals surface area (Å²) in [6.45, 7) is 1.99. The fraction of sp³-hybridized carbons (Fsp3) is 0.333. The Morgan fingerprint density at radius 3 is 2.55 bits per heavy atom. The second-order valence-electron chi connectivity index (χ2n) is 7.34. The maximum absolute atomic E-state index is 12.6. The number of nitrogens with zero attached hydrogens (tertiary/aromatic N) is 1. The molecule has 2 aromatic carbocycles. The minimum Gasteiger partial charge on any atom is -0.497 e. The molecule has 0 aliphatic carbocycles. The van der Waals surface area contributed by atoms with Crippen molar-refractivity contribution >= 4 is 29.1 Å². The van der Waals surface area contributed by atoms with Gasteiger partial charge in [-0.05, 0) is 55.2 Å². The fourth-order valence-corrected chi connectivity index (χ4v) is 6.24. The second-order valence-corrected chi connectivity index (χ2v) is 9.72. The van der Waals surface area contributed by atoms with Crippen LogP contribution in [0.5, 0.6) is 5.75 Å². The largest absolute Gasteiger partial charge is 0.497 e. The number of hydrogen-bond donors (Lipinski definition) is 0. The summed E-state index contributed by atoms with van der Waals surface area (Å²) in [5, 5.41) is -0.451. The Hall–Kier alpha value is -2.35. The van der Waals surface area contributed by atoms with Gasteiger partial charge in [0.25, 0.3) is 0 Å². The molecule has 1 aliphatic heterocycles. The lowest BCUT2D eigenvalue weighted by Gasteiger charge is -2.20. The van der Waals surface area contributed by atoms with Gasteiger partial charge in [0, 0.05) is 0 Å². The summed E-state index contributed by atoms with van der Waals surface area (Å²) in [4.78, 5) is 18.4. The summed E-state index contributed by atoms with van der Waals surface area (Å²) in [7, 11) is 3.08. The summed E-state index contributed by atoms with van der Waals surface area (Å²) in [5.41, 5.74) is 3.17. The minimum absolute atomic E-state index is 0.00634. The fourth-order valence-electron chi connectivity index (χ4n) is 3.73. The van der Waals surface area contributed by atoms with Gasteiger partial charge in [-0.3, -0.25) is 4.79 Å². The first kappa shape index (κ1) is 21.9. The summed E-state index contributed by atoms with van der Waals surface area (Å²) in [6, 6.07) is 18.1. The number of methoxy groups -OCH3 is 2. The molecule has 0 saturated carbocycles. The minimum atomic E-state index is -0.451. The zero-order valence-electron chi connectivity index (χ0n) is 17.7. The van der Waals surface area contributed by atoms with E-state index in [0.29, 0.717) is 0 Å². The Bertz CT molecular complexity index is 1020. The van der Waals surface area contributed by atoms with Crippen molar-refractivity contribution in [1.82, 2.24) is 4.98 Å². The van der Waals surface area contributed by atoms with Crippen LogP contribution in [0.25, 0.3) is 10.4 Å². The summed E-state index contributed by atoms with van der Waals surface area (Å²) in [5.74, 6) is 0.542. The van der Waals surface area contributed by atoms with Crippen LogP contribution in [0, 0.1) is 6.92 Å². The lowest BCUT2D eigenvalue weighted by molar-refractivity contribution is -0.142. The van der Waals surface area contributed by atoms with Crippen molar-refractivity contribution in [1.29, 1.82) is 0 Å². The number of ether oxygens (including phenoxy) is 3. The third kappa shape index (κ3) is 4.95. The molecule has 0 radical (unpaired) electrons. The molecular weight excluding hydrogens is 430 g/mol. The van der Waals surface area contributed by atoms with E-state index in [4.69, 9.17) is 19.2 Å². The molecule has 0 amide bonds. The zero-order valence-corrected chi connectivity index (χ0v) is 19.4. The highest BCUT2D eigenvalue weighted by atomic mass is 32.2. The number of thioether (sulfide) groups is 1. The van der Waals surface area contributed by atoms with E-state index in [1.165, 1.54) is 18.9 Å². The van der Waals surface area contributed by atoms with Gasteiger partial charge < -0.3 is 14.2 Å². The van der Waals surface area contributed by atoms with E-state index in [-0.39, 0.29) is 18.2 Å². The number of carbonyl (C=O) groups is 1. The number of carbonyl (C=O) groups excluding carboxylic acids is 1. The monoisotopic (exact) mass is 455 g/mol. The van der Waals surface area contributed by atoms with Crippen LogP contribution in [0.3, 0.4) is 0 Å².